The molecule has 0 aromatic carbocycles. The molecule has 0 saturated carbocycles. The highest BCUT2D eigenvalue weighted by molar-refractivity contribution is 6.74. The summed E-state index contributed by atoms with van der Waals surface area (Å²) in [6, 6.07) is -0.687. The van der Waals surface area contributed by atoms with Crippen LogP contribution in [0.25, 0.3) is 0 Å². The van der Waals surface area contributed by atoms with E-state index in [0.717, 1.165) is 4.90 Å². The minimum absolute atomic E-state index is 0.0308. The highest BCUT2D eigenvalue weighted by Crippen LogP contribution is 2.37. The van der Waals surface area contributed by atoms with Crippen molar-refractivity contribution in [1.29, 1.82) is 0 Å². The van der Waals surface area contributed by atoms with E-state index in [4.69, 9.17) is 18.6 Å². The third kappa shape index (κ3) is 8.04. The van der Waals surface area contributed by atoms with Gasteiger partial charge in [0.1, 0.15) is 17.3 Å². The molecule has 1 aliphatic rings. The summed E-state index contributed by atoms with van der Waals surface area (Å²) in [4.78, 5) is 27.0. The van der Waals surface area contributed by atoms with Gasteiger partial charge in [0.2, 0.25) is 0 Å². The highest BCUT2D eigenvalue weighted by atomic mass is 28.4. The van der Waals surface area contributed by atoms with Gasteiger partial charge in [0.25, 0.3) is 0 Å². The topological polar surface area (TPSA) is 74.3 Å². The lowest BCUT2D eigenvalue weighted by molar-refractivity contribution is -0.0438. The zero-order valence-corrected chi connectivity index (χ0v) is 21.6. The molecule has 174 valence electrons. The smallest absolute Gasteiger partial charge is 0.420 e. The average molecular weight is 444 g/mol. The molecule has 8 heteroatoms. The van der Waals surface area contributed by atoms with Crippen LogP contribution in [0.15, 0.2) is 12.2 Å². The minimum atomic E-state index is -2.04. The van der Waals surface area contributed by atoms with Crippen LogP contribution in [-0.4, -0.2) is 62.0 Å². The Morgan fingerprint density at radius 1 is 0.967 bits per heavy atom. The van der Waals surface area contributed by atoms with Crippen molar-refractivity contribution in [2.24, 2.45) is 0 Å². The number of hydrogen-bond donors (Lipinski definition) is 0. The van der Waals surface area contributed by atoms with Crippen molar-refractivity contribution in [3.05, 3.63) is 12.2 Å². The lowest BCUT2D eigenvalue weighted by atomic mass is 10.1. The zero-order valence-electron chi connectivity index (χ0n) is 20.6. The number of imide groups is 1. The predicted octanol–water partition coefficient (Wildman–Crippen LogP) is 5.50. The van der Waals surface area contributed by atoms with E-state index >= 15 is 0 Å². The quantitative estimate of drug-likeness (QED) is 0.422. The number of carbonyl (C=O) groups excluding carboxylic acids is 2. The summed E-state index contributed by atoms with van der Waals surface area (Å²) in [5, 5.41) is 0.0308. The Hall–Kier alpha value is -1.38. The minimum Gasteiger partial charge on any atom is -0.443 e. The maximum absolute atomic E-state index is 13.0. The molecule has 1 heterocycles. The maximum atomic E-state index is 13.0. The fourth-order valence-corrected chi connectivity index (χ4v) is 3.46. The van der Waals surface area contributed by atoms with Crippen LogP contribution in [0.3, 0.4) is 0 Å². The van der Waals surface area contributed by atoms with Crippen LogP contribution in [0.4, 0.5) is 9.59 Å². The van der Waals surface area contributed by atoms with Gasteiger partial charge in [-0.3, -0.25) is 0 Å². The molecule has 2 atom stereocenters. The Morgan fingerprint density at radius 2 is 1.43 bits per heavy atom. The van der Waals surface area contributed by atoms with Gasteiger partial charge in [-0.25, -0.2) is 14.5 Å². The normalized spacial score (nSPS) is 20.6. The van der Waals surface area contributed by atoms with Gasteiger partial charge in [-0.15, -0.1) is 0 Å². The summed E-state index contributed by atoms with van der Waals surface area (Å²) in [5.41, 5.74) is -1.52. The van der Waals surface area contributed by atoms with E-state index in [2.05, 4.69) is 33.9 Å². The van der Waals surface area contributed by atoms with E-state index in [1.54, 1.807) is 53.7 Å². The van der Waals surface area contributed by atoms with Crippen LogP contribution in [0.2, 0.25) is 18.1 Å². The van der Waals surface area contributed by atoms with Crippen molar-refractivity contribution >= 4 is 20.5 Å². The van der Waals surface area contributed by atoms with E-state index in [0.29, 0.717) is 6.61 Å². The molecule has 0 saturated heterocycles. The molecule has 0 aromatic rings. The summed E-state index contributed by atoms with van der Waals surface area (Å²) >= 11 is 0. The largest absolute Gasteiger partial charge is 0.443 e. The van der Waals surface area contributed by atoms with Crippen LogP contribution in [0, 0.1) is 0 Å². The molecule has 1 aliphatic heterocycles. The Balaban J connectivity index is 3.17. The first-order chi connectivity index (χ1) is 13.3. The predicted molar refractivity (Wildman–Crippen MR) is 120 cm³/mol. The standard InChI is InChI=1S/C22H41NO6Si/c1-20(2,3)28-18(24)23(19(25)29-21(4,5)6)16-13-12-14-26-17(16)15-27-30(10,11)22(7,8)9/h12-13,16-17H,14-15H2,1-11H3/t16-,17+/m0/s1. The molecule has 0 aromatic heterocycles. The second-order valence-electron chi connectivity index (χ2n) is 11.2. The SMILES string of the molecule is CC(C)(C)OC(=O)N(C(=O)OC(C)(C)C)[C@H]1C=CCO[C@@H]1CO[Si](C)(C)C(C)(C)C. The molecule has 0 N–H and O–H groups in total. The average Bonchev–Trinajstić information content (AvgIpc) is 2.49. The van der Waals surface area contributed by atoms with Crippen molar-refractivity contribution < 1.29 is 28.2 Å². The van der Waals surface area contributed by atoms with E-state index in [1.165, 1.54) is 0 Å². The first-order valence-corrected chi connectivity index (χ1v) is 13.4. The van der Waals surface area contributed by atoms with E-state index in [9.17, 15) is 9.59 Å². The number of rotatable bonds is 4. The summed E-state index contributed by atoms with van der Waals surface area (Å²) in [6.07, 6.45) is 1.53. The second kappa shape index (κ2) is 9.40. The van der Waals surface area contributed by atoms with E-state index < -0.39 is 43.9 Å². The third-order valence-electron chi connectivity index (χ3n) is 5.01. The Morgan fingerprint density at radius 3 is 1.83 bits per heavy atom. The molecule has 0 radical (unpaired) electrons. The summed E-state index contributed by atoms with van der Waals surface area (Å²) < 4.78 is 23.2. The van der Waals surface area contributed by atoms with Gasteiger partial charge >= 0.3 is 12.2 Å². The van der Waals surface area contributed by atoms with Gasteiger partial charge in [0, 0.05) is 0 Å². The van der Waals surface area contributed by atoms with Crippen LogP contribution in [-0.2, 0) is 18.6 Å². The van der Waals surface area contributed by atoms with Crippen LogP contribution >= 0.6 is 0 Å². The molecule has 2 amide bonds. The maximum Gasteiger partial charge on any atom is 0.420 e. The molecule has 1 rings (SSSR count). The lowest BCUT2D eigenvalue weighted by Crippen LogP contribution is -2.56. The molecule has 7 nitrogen and oxygen atoms in total. The highest BCUT2D eigenvalue weighted by Gasteiger charge is 2.43. The summed E-state index contributed by atoms with van der Waals surface area (Å²) in [6.45, 7) is 22.0. The van der Waals surface area contributed by atoms with Crippen LogP contribution in [0.5, 0.6) is 0 Å². The van der Waals surface area contributed by atoms with Gasteiger partial charge in [0.05, 0.1) is 19.3 Å². The number of carbonyl (C=O) groups is 2. The van der Waals surface area contributed by atoms with E-state index in [1.807, 2.05) is 0 Å². The van der Waals surface area contributed by atoms with Crippen molar-refractivity contribution in [3.63, 3.8) is 0 Å². The van der Waals surface area contributed by atoms with Gasteiger partial charge in [-0.05, 0) is 59.7 Å². The molecule has 0 aliphatic carbocycles. The van der Waals surface area contributed by atoms with Crippen molar-refractivity contribution in [2.75, 3.05) is 13.2 Å². The van der Waals surface area contributed by atoms with Gasteiger partial charge in [0.15, 0.2) is 8.32 Å². The third-order valence-corrected chi connectivity index (χ3v) is 9.51. The van der Waals surface area contributed by atoms with Crippen molar-refractivity contribution in [1.82, 2.24) is 4.90 Å². The fraction of sp³-hybridized carbons (Fsp3) is 0.818. The first-order valence-electron chi connectivity index (χ1n) is 10.5. The molecule has 0 unspecified atom stereocenters. The number of ether oxygens (including phenoxy) is 3. The van der Waals surface area contributed by atoms with E-state index in [-0.39, 0.29) is 11.6 Å². The first kappa shape index (κ1) is 26.7. The monoisotopic (exact) mass is 443 g/mol. The molecule has 0 spiro atoms. The van der Waals surface area contributed by atoms with Crippen LogP contribution in [0.1, 0.15) is 62.3 Å². The molecular weight excluding hydrogens is 402 g/mol. The second-order valence-corrected chi connectivity index (χ2v) is 16.0. The van der Waals surface area contributed by atoms with Crippen molar-refractivity contribution in [2.45, 2.75) is 104 Å². The van der Waals surface area contributed by atoms with Gasteiger partial charge in [-0.2, -0.15) is 0 Å². The molecule has 0 bridgehead atoms. The van der Waals surface area contributed by atoms with Crippen molar-refractivity contribution in [3.8, 4) is 0 Å². The van der Waals surface area contributed by atoms with Crippen LogP contribution < -0.4 is 0 Å². The fourth-order valence-electron chi connectivity index (χ4n) is 2.44. The summed E-state index contributed by atoms with van der Waals surface area (Å²) in [5.74, 6) is 0. The van der Waals surface area contributed by atoms with Gasteiger partial charge < -0.3 is 18.6 Å². The zero-order chi connectivity index (χ0) is 23.5. The summed E-state index contributed by atoms with van der Waals surface area (Å²) in [7, 11) is -2.04. The number of amides is 2. The Kier molecular flexibility index (Phi) is 8.35. The van der Waals surface area contributed by atoms with Gasteiger partial charge in [-0.1, -0.05) is 32.9 Å². The number of hydrogen-bond acceptors (Lipinski definition) is 6. The lowest BCUT2D eigenvalue weighted by Gasteiger charge is -2.40. The Labute approximate surface area is 183 Å². The molecular formula is C22H41NO6Si. The Bertz CT molecular complexity index is 611. The number of nitrogens with zero attached hydrogens (tertiary/aromatic N) is 1. The molecule has 0 fully saturated rings. The molecule has 30 heavy (non-hydrogen) atoms.